The van der Waals surface area contributed by atoms with E-state index < -0.39 is 11.6 Å². The number of ketones is 1. The SMILES string of the molecule is Nc1cc(F)c(C(=O)CCl)c(Br)c1. The second-order valence-electron chi connectivity index (χ2n) is 2.42. The van der Waals surface area contributed by atoms with E-state index in [1.807, 2.05) is 0 Å². The van der Waals surface area contributed by atoms with Crippen molar-refractivity contribution in [1.29, 1.82) is 0 Å². The number of nitrogen functional groups attached to an aromatic ring is 1. The van der Waals surface area contributed by atoms with Gasteiger partial charge in [0.2, 0.25) is 0 Å². The molecule has 2 nitrogen and oxygen atoms in total. The Bertz CT molecular complexity index is 333. The van der Waals surface area contributed by atoms with Crippen LogP contribution < -0.4 is 5.73 Å². The molecule has 5 heteroatoms. The minimum Gasteiger partial charge on any atom is -0.399 e. The first-order valence-corrected chi connectivity index (χ1v) is 4.72. The van der Waals surface area contributed by atoms with Crippen LogP contribution in [-0.2, 0) is 0 Å². The van der Waals surface area contributed by atoms with E-state index in [1.165, 1.54) is 6.07 Å². The van der Waals surface area contributed by atoms with Crippen LogP contribution >= 0.6 is 27.5 Å². The number of benzene rings is 1. The van der Waals surface area contributed by atoms with Gasteiger partial charge in [-0.05, 0) is 28.1 Å². The summed E-state index contributed by atoms with van der Waals surface area (Å²) in [5, 5.41) is 0. The van der Waals surface area contributed by atoms with Gasteiger partial charge in [-0.25, -0.2) is 4.39 Å². The number of nitrogens with two attached hydrogens (primary N) is 1. The third-order valence-corrected chi connectivity index (χ3v) is 2.33. The lowest BCUT2D eigenvalue weighted by molar-refractivity contribution is 0.101. The van der Waals surface area contributed by atoms with E-state index in [0.717, 1.165) is 6.07 Å². The van der Waals surface area contributed by atoms with Crippen molar-refractivity contribution in [2.75, 3.05) is 11.6 Å². The molecule has 0 spiro atoms. The Balaban J connectivity index is 3.28. The first-order valence-electron chi connectivity index (χ1n) is 3.40. The first-order chi connectivity index (χ1) is 6.06. The summed E-state index contributed by atoms with van der Waals surface area (Å²) in [6, 6.07) is 2.55. The minimum absolute atomic E-state index is 0.0517. The molecule has 0 atom stereocenters. The largest absolute Gasteiger partial charge is 0.399 e. The van der Waals surface area contributed by atoms with Gasteiger partial charge in [-0.3, -0.25) is 4.79 Å². The number of carbonyl (C=O) groups excluding carboxylic acids is 1. The Morgan fingerprint density at radius 1 is 1.62 bits per heavy atom. The van der Waals surface area contributed by atoms with Gasteiger partial charge in [0.1, 0.15) is 5.82 Å². The second-order valence-corrected chi connectivity index (χ2v) is 3.54. The lowest BCUT2D eigenvalue weighted by Crippen LogP contribution is -2.05. The van der Waals surface area contributed by atoms with E-state index in [0.29, 0.717) is 4.47 Å². The Morgan fingerprint density at radius 3 is 2.69 bits per heavy atom. The molecule has 13 heavy (non-hydrogen) atoms. The smallest absolute Gasteiger partial charge is 0.181 e. The van der Waals surface area contributed by atoms with Gasteiger partial charge in [-0.2, -0.15) is 0 Å². The van der Waals surface area contributed by atoms with Crippen molar-refractivity contribution >= 4 is 39.0 Å². The number of hydrogen-bond acceptors (Lipinski definition) is 2. The molecule has 0 aliphatic carbocycles. The standard InChI is InChI=1S/C8H6BrClFNO/c9-5-1-4(12)2-6(11)8(5)7(13)3-10/h1-2H,3,12H2. The van der Waals surface area contributed by atoms with Gasteiger partial charge < -0.3 is 5.73 Å². The van der Waals surface area contributed by atoms with Crippen molar-refractivity contribution in [2.24, 2.45) is 0 Å². The van der Waals surface area contributed by atoms with Crippen LogP contribution in [0.2, 0.25) is 0 Å². The molecular formula is C8H6BrClFNO. The average Bonchev–Trinajstić information content (AvgIpc) is 2.02. The molecule has 1 aromatic rings. The lowest BCUT2D eigenvalue weighted by Gasteiger charge is -2.03. The molecule has 0 aliphatic rings. The van der Waals surface area contributed by atoms with Crippen LogP contribution in [0.1, 0.15) is 10.4 Å². The minimum atomic E-state index is -0.655. The molecule has 0 amide bonds. The Hall–Kier alpha value is -0.610. The number of rotatable bonds is 2. The van der Waals surface area contributed by atoms with Crippen LogP contribution in [0.25, 0.3) is 0 Å². The fraction of sp³-hybridized carbons (Fsp3) is 0.125. The molecule has 0 radical (unpaired) electrons. The maximum atomic E-state index is 13.2. The third kappa shape index (κ3) is 2.19. The maximum Gasteiger partial charge on any atom is 0.181 e. The highest BCUT2D eigenvalue weighted by Gasteiger charge is 2.15. The van der Waals surface area contributed by atoms with Gasteiger partial charge in [0.05, 0.1) is 11.4 Å². The fourth-order valence-corrected chi connectivity index (χ4v) is 1.73. The van der Waals surface area contributed by atoms with Crippen LogP contribution in [-0.4, -0.2) is 11.7 Å². The van der Waals surface area contributed by atoms with Crippen LogP contribution in [0.4, 0.5) is 10.1 Å². The van der Waals surface area contributed by atoms with Gasteiger partial charge in [-0.15, -0.1) is 11.6 Å². The number of carbonyl (C=O) groups is 1. The summed E-state index contributed by atoms with van der Waals surface area (Å²) >= 11 is 8.34. The molecule has 0 aliphatic heterocycles. The van der Waals surface area contributed by atoms with Crippen molar-refractivity contribution < 1.29 is 9.18 Å². The maximum absolute atomic E-state index is 13.2. The van der Waals surface area contributed by atoms with Crippen LogP contribution in [0.5, 0.6) is 0 Å². The van der Waals surface area contributed by atoms with Crippen molar-refractivity contribution in [1.82, 2.24) is 0 Å². The number of anilines is 1. The van der Waals surface area contributed by atoms with E-state index in [-0.39, 0.29) is 17.1 Å². The van der Waals surface area contributed by atoms with E-state index >= 15 is 0 Å². The highest BCUT2D eigenvalue weighted by atomic mass is 79.9. The fourth-order valence-electron chi connectivity index (χ4n) is 0.926. The lowest BCUT2D eigenvalue weighted by atomic mass is 10.1. The van der Waals surface area contributed by atoms with Gasteiger partial charge in [0, 0.05) is 10.2 Å². The van der Waals surface area contributed by atoms with Crippen molar-refractivity contribution in [3.05, 3.63) is 28.0 Å². The number of hydrogen-bond donors (Lipinski definition) is 1. The summed E-state index contributed by atoms with van der Waals surface area (Å²) < 4.78 is 13.5. The van der Waals surface area contributed by atoms with Gasteiger partial charge >= 0.3 is 0 Å². The topological polar surface area (TPSA) is 43.1 Å². The summed E-state index contributed by atoms with van der Waals surface area (Å²) in [5.74, 6) is -1.37. The highest BCUT2D eigenvalue weighted by molar-refractivity contribution is 9.10. The van der Waals surface area contributed by atoms with E-state index in [4.69, 9.17) is 17.3 Å². The second kappa shape index (κ2) is 4.07. The predicted octanol–water partition coefficient (Wildman–Crippen LogP) is 2.59. The summed E-state index contributed by atoms with van der Waals surface area (Å²) in [6.45, 7) is 0. The van der Waals surface area contributed by atoms with Crippen LogP contribution in [0.3, 0.4) is 0 Å². The first kappa shape index (κ1) is 10.5. The van der Waals surface area contributed by atoms with E-state index in [1.54, 1.807) is 0 Å². The van der Waals surface area contributed by atoms with Gasteiger partial charge in [-0.1, -0.05) is 0 Å². The number of halogens is 3. The molecule has 1 aromatic carbocycles. The molecule has 0 bridgehead atoms. The predicted molar refractivity (Wildman–Crippen MR) is 53.6 cm³/mol. The third-order valence-electron chi connectivity index (χ3n) is 1.46. The van der Waals surface area contributed by atoms with Crippen molar-refractivity contribution in [3.63, 3.8) is 0 Å². The van der Waals surface area contributed by atoms with Crippen LogP contribution in [0, 0.1) is 5.82 Å². The highest BCUT2D eigenvalue weighted by Crippen LogP contribution is 2.24. The number of Topliss-reactive ketones (excluding diaryl/α,β-unsaturated/α-hetero) is 1. The Labute approximate surface area is 88.0 Å². The Kier molecular flexibility index (Phi) is 3.27. The molecule has 0 heterocycles. The van der Waals surface area contributed by atoms with Gasteiger partial charge in [0.15, 0.2) is 5.78 Å². The molecule has 1 rings (SSSR count). The molecular weight excluding hydrogens is 260 g/mol. The summed E-state index contributed by atoms with van der Waals surface area (Å²) in [7, 11) is 0. The molecule has 0 saturated carbocycles. The number of alkyl halides is 1. The van der Waals surface area contributed by atoms with Crippen molar-refractivity contribution in [2.45, 2.75) is 0 Å². The summed E-state index contributed by atoms with van der Waals surface area (Å²) in [4.78, 5) is 11.1. The zero-order chi connectivity index (χ0) is 10.0. The van der Waals surface area contributed by atoms with E-state index in [2.05, 4.69) is 15.9 Å². The Morgan fingerprint density at radius 2 is 2.23 bits per heavy atom. The molecule has 0 fully saturated rings. The van der Waals surface area contributed by atoms with Crippen molar-refractivity contribution in [3.8, 4) is 0 Å². The average molecular weight is 266 g/mol. The van der Waals surface area contributed by atoms with Crippen LogP contribution in [0.15, 0.2) is 16.6 Å². The molecule has 70 valence electrons. The summed E-state index contributed by atoms with van der Waals surface area (Å²) in [6.07, 6.45) is 0. The molecule has 0 aromatic heterocycles. The van der Waals surface area contributed by atoms with E-state index in [9.17, 15) is 9.18 Å². The molecule has 0 saturated heterocycles. The zero-order valence-corrected chi connectivity index (χ0v) is 8.82. The quantitative estimate of drug-likeness (QED) is 0.508. The zero-order valence-electron chi connectivity index (χ0n) is 6.48. The molecule has 0 unspecified atom stereocenters. The van der Waals surface area contributed by atoms with Gasteiger partial charge in [0.25, 0.3) is 0 Å². The monoisotopic (exact) mass is 265 g/mol. The molecule has 2 N–H and O–H groups in total. The normalized spacial score (nSPS) is 10.1. The summed E-state index contributed by atoms with van der Waals surface area (Å²) in [5.41, 5.74) is 5.56.